The minimum atomic E-state index is -0.208. The molecule has 102 valence electrons. The quantitative estimate of drug-likeness (QED) is 0.871. The molecule has 0 radical (unpaired) electrons. The number of nitrogens with two attached hydrogens (primary N) is 1. The van der Waals surface area contributed by atoms with Gasteiger partial charge in [0.2, 0.25) is 0 Å². The maximum Gasteiger partial charge on any atom is 0.270 e. The predicted molar refractivity (Wildman–Crippen MR) is 73.7 cm³/mol. The zero-order valence-corrected chi connectivity index (χ0v) is 11.7. The van der Waals surface area contributed by atoms with E-state index in [9.17, 15) is 4.79 Å². The molecule has 19 heavy (non-hydrogen) atoms. The molecule has 0 amide bonds. The number of aromatic nitrogens is 3. The molecular weight excluding hydrogens is 264 g/mol. The standard InChI is InChI=1S/C12H16N4O2S/c1-8-9(2)19-11(15-8)7-16-12(17)5-10(6-14-16)18-4-3-13/h5-6H,3-4,7,13H2,1-2H3. The first-order valence-electron chi connectivity index (χ1n) is 5.93. The van der Waals surface area contributed by atoms with E-state index in [0.717, 1.165) is 15.6 Å². The molecule has 0 aromatic carbocycles. The summed E-state index contributed by atoms with van der Waals surface area (Å²) in [7, 11) is 0. The summed E-state index contributed by atoms with van der Waals surface area (Å²) in [5, 5.41) is 4.95. The van der Waals surface area contributed by atoms with Gasteiger partial charge in [-0.25, -0.2) is 9.67 Å². The van der Waals surface area contributed by atoms with Crippen molar-refractivity contribution >= 4 is 11.3 Å². The number of hydrogen-bond acceptors (Lipinski definition) is 6. The highest BCUT2D eigenvalue weighted by Gasteiger charge is 2.07. The van der Waals surface area contributed by atoms with E-state index in [0.29, 0.717) is 25.4 Å². The minimum absolute atomic E-state index is 0.208. The molecule has 0 atom stereocenters. The van der Waals surface area contributed by atoms with Crippen LogP contribution in [-0.2, 0) is 6.54 Å². The van der Waals surface area contributed by atoms with Crippen LogP contribution >= 0.6 is 11.3 Å². The fourth-order valence-corrected chi connectivity index (χ4v) is 2.44. The van der Waals surface area contributed by atoms with E-state index in [1.807, 2.05) is 13.8 Å². The maximum atomic E-state index is 11.9. The van der Waals surface area contributed by atoms with Crippen LogP contribution in [0.25, 0.3) is 0 Å². The van der Waals surface area contributed by atoms with E-state index < -0.39 is 0 Å². The number of thiazole rings is 1. The fourth-order valence-electron chi connectivity index (χ4n) is 1.53. The van der Waals surface area contributed by atoms with Crippen molar-refractivity contribution in [2.75, 3.05) is 13.2 Å². The Bertz CT molecular complexity index is 601. The van der Waals surface area contributed by atoms with Gasteiger partial charge in [0, 0.05) is 17.5 Å². The number of aryl methyl sites for hydroxylation is 2. The van der Waals surface area contributed by atoms with Crippen LogP contribution in [0, 0.1) is 13.8 Å². The molecule has 2 aromatic rings. The number of ether oxygens (including phenoxy) is 1. The van der Waals surface area contributed by atoms with Crippen LogP contribution in [0.15, 0.2) is 17.1 Å². The van der Waals surface area contributed by atoms with Gasteiger partial charge < -0.3 is 10.5 Å². The van der Waals surface area contributed by atoms with Gasteiger partial charge in [-0.2, -0.15) is 5.10 Å². The second-order valence-electron chi connectivity index (χ2n) is 4.07. The third kappa shape index (κ3) is 3.39. The average Bonchev–Trinajstić information content (AvgIpc) is 2.69. The van der Waals surface area contributed by atoms with Crippen LogP contribution in [-0.4, -0.2) is 27.9 Å². The molecule has 0 fully saturated rings. The number of hydrogen-bond donors (Lipinski definition) is 1. The van der Waals surface area contributed by atoms with Gasteiger partial charge in [0.05, 0.1) is 18.4 Å². The van der Waals surface area contributed by atoms with Gasteiger partial charge in [-0.3, -0.25) is 4.79 Å². The minimum Gasteiger partial charge on any atom is -0.490 e. The van der Waals surface area contributed by atoms with E-state index in [-0.39, 0.29) is 5.56 Å². The molecule has 2 N–H and O–H groups in total. The molecule has 0 bridgehead atoms. The molecule has 0 saturated heterocycles. The van der Waals surface area contributed by atoms with Crippen molar-refractivity contribution < 1.29 is 4.74 Å². The Balaban J connectivity index is 2.15. The first kappa shape index (κ1) is 13.7. The Labute approximate surface area is 114 Å². The van der Waals surface area contributed by atoms with Gasteiger partial charge in [0.1, 0.15) is 17.4 Å². The van der Waals surface area contributed by atoms with Crippen molar-refractivity contribution in [1.82, 2.24) is 14.8 Å². The highest BCUT2D eigenvalue weighted by molar-refractivity contribution is 7.11. The summed E-state index contributed by atoms with van der Waals surface area (Å²) in [5.41, 5.74) is 6.12. The second-order valence-corrected chi connectivity index (χ2v) is 5.36. The molecule has 0 unspecified atom stereocenters. The van der Waals surface area contributed by atoms with E-state index in [1.54, 1.807) is 11.3 Å². The maximum absolute atomic E-state index is 11.9. The normalized spacial score (nSPS) is 10.7. The Morgan fingerprint density at radius 3 is 2.84 bits per heavy atom. The van der Waals surface area contributed by atoms with Crippen molar-refractivity contribution in [3.05, 3.63) is 38.2 Å². The molecule has 2 rings (SSSR count). The summed E-state index contributed by atoms with van der Waals surface area (Å²) in [5.74, 6) is 0.443. The summed E-state index contributed by atoms with van der Waals surface area (Å²) >= 11 is 1.58. The van der Waals surface area contributed by atoms with Crippen LogP contribution < -0.4 is 16.0 Å². The molecule has 0 aliphatic rings. The largest absolute Gasteiger partial charge is 0.490 e. The van der Waals surface area contributed by atoms with Gasteiger partial charge in [-0.1, -0.05) is 0 Å². The van der Waals surface area contributed by atoms with E-state index in [1.165, 1.54) is 16.9 Å². The number of nitrogens with zero attached hydrogens (tertiary/aromatic N) is 3. The summed E-state index contributed by atoms with van der Waals surface area (Å²) in [6.45, 7) is 5.12. The molecule has 6 nitrogen and oxygen atoms in total. The van der Waals surface area contributed by atoms with E-state index in [2.05, 4.69) is 10.1 Å². The van der Waals surface area contributed by atoms with Crippen LogP contribution in [0.1, 0.15) is 15.6 Å². The molecule has 2 heterocycles. The number of rotatable bonds is 5. The van der Waals surface area contributed by atoms with Crippen molar-refractivity contribution in [2.45, 2.75) is 20.4 Å². The Hall–Kier alpha value is -1.73. The summed E-state index contributed by atoms with van der Waals surface area (Å²) < 4.78 is 6.62. The lowest BCUT2D eigenvalue weighted by molar-refractivity contribution is 0.324. The van der Waals surface area contributed by atoms with E-state index in [4.69, 9.17) is 10.5 Å². The highest BCUT2D eigenvalue weighted by atomic mass is 32.1. The monoisotopic (exact) mass is 280 g/mol. The van der Waals surface area contributed by atoms with Gasteiger partial charge in [0.15, 0.2) is 0 Å². The smallest absolute Gasteiger partial charge is 0.270 e. The van der Waals surface area contributed by atoms with Crippen LogP contribution in [0.5, 0.6) is 5.75 Å². The fraction of sp³-hybridized carbons (Fsp3) is 0.417. The van der Waals surface area contributed by atoms with Crippen molar-refractivity contribution in [3.8, 4) is 5.75 Å². The summed E-state index contributed by atoms with van der Waals surface area (Å²) in [6.07, 6.45) is 1.52. The first-order chi connectivity index (χ1) is 9.10. The lowest BCUT2D eigenvalue weighted by Crippen LogP contribution is -2.23. The van der Waals surface area contributed by atoms with Crippen molar-refractivity contribution in [3.63, 3.8) is 0 Å². The van der Waals surface area contributed by atoms with Gasteiger partial charge in [-0.15, -0.1) is 11.3 Å². The van der Waals surface area contributed by atoms with Gasteiger partial charge in [-0.05, 0) is 13.8 Å². The Morgan fingerprint density at radius 1 is 1.47 bits per heavy atom. The highest BCUT2D eigenvalue weighted by Crippen LogP contribution is 2.16. The molecular formula is C12H16N4O2S. The van der Waals surface area contributed by atoms with E-state index >= 15 is 0 Å². The SMILES string of the molecule is Cc1nc(Cn2ncc(OCCN)cc2=O)sc1C. The van der Waals surface area contributed by atoms with Crippen LogP contribution in [0.4, 0.5) is 0 Å². The second kappa shape index (κ2) is 5.94. The summed E-state index contributed by atoms with van der Waals surface area (Å²) in [6, 6.07) is 1.41. The molecule has 0 spiro atoms. The lowest BCUT2D eigenvalue weighted by atomic mass is 10.4. The first-order valence-corrected chi connectivity index (χ1v) is 6.74. The summed E-state index contributed by atoms with van der Waals surface area (Å²) in [4.78, 5) is 17.4. The molecule has 0 saturated carbocycles. The van der Waals surface area contributed by atoms with Gasteiger partial charge in [0.25, 0.3) is 5.56 Å². The Kier molecular flexibility index (Phi) is 4.28. The predicted octanol–water partition coefficient (Wildman–Crippen LogP) is 0.702. The molecule has 2 aromatic heterocycles. The Morgan fingerprint density at radius 2 is 2.26 bits per heavy atom. The third-order valence-corrected chi connectivity index (χ3v) is 3.65. The van der Waals surface area contributed by atoms with Crippen LogP contribution in [0.2, 0.25) is 0 Å². The zero-order valence-electron chi connectivity index (χ0n) is 10.9. The van der Waals surface area contributed by atoms with Crippen LogP contribution in [0.3, 0.4) is 0 Å². The molecule has 0 aliphatic heterocycles. The zero-order chi connectivity index (χ0) is 13.8. The molecule has 0 aliphatic carbocycles. The lowest BCUT2D eigenvalue weighted by Gasteiger charge is -2.05. The van der Waals surface area contributed by atoms with Gasteiger partial charge >= 0.3 is 0 Å². The molecule has 7 heteroatoms. The van der Waals surface area contributed by atoms with Crippen molar-refractivity contribution in [1.29, 1.82) is 0 Å². The van der Waals surface area contributed by atoms with Crippen molar-refractivity contribution in [2.24, 2.45) is 5.73 Å². The average molecular weight is 280 g/mol. The third-order valence-electron chi connectivity index (χ3n) is 2.59. The topological polar surface area (TPSA) is 83.0 Å².